The number of benzene rings is 1. The standard InChI is InChI=1S/C16H21BrN2O2/c1-11-7-12(2)9-13(8-11)16(3,20)15-14(17)10-18-19(15)5-6-21-4/h7-10,20H,5-6H2,1-4H3. The number of halogens is 1. The molecule has 4 nitrogen and oxygen atoms in total. The minimum Gasteiger partial charge on any atom is -0.383 e. The Hall–Kier alpha value is -1.17. The summed E-state index contributed by atoms with van der Waals surface area (Å²) >= 11 is 3.50. The summed E-state index contributed by atoms with van der Waals surface area (Å²) in [6.07, 6.45) is 1.71. The van der Waals surface area contributed by atoms with Gasteiger partial charge >= 0.3 is 0 Å². The van der Waals surface area contributed by atoms with Gasteiger partial charge in [-0.1, -0.05) is 29.3 Å². The van der Waals surface area contributed by atoms with Crippen LogP contribution in [-0.4, -0.2) is 28.6 Å². The van der Waals surface area contributed by atoms with Crippen molar-refractivity contribution in [2.45, 2.75) is 32.9 Å². The second-order valence-electron chi connectivity index (χ2n) is 5.51. The van der Waals surface area contributed by atoms with Gasteiger partial charge in [0, 0.05) is 7.11 Å². The zero-order chi connectivity index (χ0) is 15.6. The van der Waals surface area contributed by atoms with Crippen molar-refractivity contribution >= 4 is 15.9 Å². The van der Waals surface area contributed by atoms with E-state index < -0.39 is 5.60 Å². The molecule has 2 rings (SSSR count). The van der Waals surface area contributed by atoms with Gasteiger partial charge in [0.15, 0.2) is 0 Å². The van der Waals surface area contributed by atoms with Crippen LogP contribution in [0.3, 0.4) is 0 Å². The van der Waals surface area contributed by atoms with Crippen molar-refractivity contribution < 1.29 is 9.84 Å². The smallest absolute Gasteiger partial charge is 0.129 e. The first kappa shape index (κ1) is 16.2. The fraction of sp³-hybridized carbons (Fsp3) is 0.438. The van der Waals surface area contributed by atoms with Crippen LogP contribution in [0, 0.1) is 13.8 Å². The molecule has 1 N–H and O–H groups in total. The molecule has 0 aliphatic heterocycles. The third-order valence-corrected chi connectivity index (χ3v) is 4.13. The van der Waals surface area contributed by atoms with Gasteiger partial charge in [-0.25, -0.2) is 0 Å². The number of hydrogen-bond donors (Lipinski definition) is 1. The Morgan fingerprint density at radius 3 is 2.48 bits per heavy atom. The first-order valence-corrected chi connectivity index (χ1v) is 7.67. The molecule has 0 saturated heterocycles. The molecule has 1 atom stereocenters. The number of ether oxygens (including phenoxy) is 1. The van der Waals surface area contributed by atoms with Crippen molar-refractivity contribution in [3.8, 4) is 0 Å². The molecule has 0 amide bonds. The van der Waals surface area contributed by atoms with Gasteiger partial charge in [0.1, 0.15) is 5.60 Å². The van der Waals surface area contributed by atoms with Crippen LogP contribution in [0.4, 0.5) is 0 Å². The van der Waals surface area contributed by atoms with Gasteiger partial charge in [-0.3, -0.25) is 4.68 Å². The molecule has 1 unspecified atom stereocenters. The highest BCUT2D eigenvalue weighted by Gasteiger charge is 2.32. The second kappa shape index (κ2) is 6.30. The summed E-state index contributed by atoms with van der Waals surface area (Å²) in [7, 11) is 1.65. The highest BCUT2D eigenvalue weighted by Crippen LogP contribution is 2.34. The van der Waals surface area contributed by atoms with Gasteiger partial charge in [-0.15, -0.1) is 0 Å². The predicted octanol–water partition coefficient (Wildman–Crippen LogP) is 3.16. The van der Waals surface area contributed by atoms with Crippen LogP contribution in [0.15, 0.2) is 28.9 Å². The molecule has 0 aliphatic carbocycles. The van der Waals surface area contributed by atoms with Crippen LogP contribution >= 0.6 is 15.9 Å². The molecule has 1 heterocycles. The van der Waals surface area contributed by atoms with E-state index in [0.29, 0.717) is 13.2 Å². The number of hydrogen-bond acceptors (Lipinski definition) is 3. The highest BCUT2D eigenvalue weighted by atomic mass is 79.9. The van der Waals surface area contributed by atoms with E-state index in [9.17, 15) is 5.11 Å². The molecule has 0 radical (unpaired) electrons. The Kier molecular flexibility index (Phi) is 4.86. The summed E-state index contributed by atoms with van der Waals surface area (Å²) < 4.78 is 7.69. The van der Waals surface area contributed by atoms with E-state index in [1.165, 1.54) is 0 Å². The first-order valence-electron chi connectivity index (χ1n) is 6.88. The fourth-order valence-electron chi connectivity index (χ4n) is 2.59. The van der Waals surface area contributed by atoms with Gasteiger partial charge < -0.3 is 9.84 Å². The lowest BCUT2D eigenvalue weighted by Gasteiger charge is -2.26. The molecule has 0 saturated carbocycles. The molecule has 21 heavy (non-hydrogen) atoms. The van der Waals surface area contributed by atoms with E-state index in [1.54, 1.807) is 24.9 Å². The lowest BCUT2D eigenvalue weighted by atomic mass is 9.90. The number of nitrogens with zero attached hydrogens (tertiary/aromatic N) is 2. The van der Waals surface area contributed by atoms with Gasteiger partial charge in [0.05, 0.1) is 29.5 Å². The van der Waals surface area contributed by atoms with Crippen LogP contribution in [0.2, 0.25) is 0 Å². The van der Waals surface area contributed by atoms with Crippen LogP contribution in [0.25, 0.3) is 0 Å². The Balaban J connectivity index is 2.50. The summed E-state index contributed by atoms with van der Waals surface area (Å²) in [5, 5.41) is 15.4. The summed E-state index contributed by atoms with van der Waals surface area (Å²) in [5.74, 6) is 0. The van der Waals surface area contributed by atoms with Crippen LogP contribution in [0.1, 0.15) is 29.3 Å². The monoisotopic (exact) mass is 352 g/mol. The van der Waals surface area contributed by atoms with Crippen molar-refractivity contribution in [2.75, 3.05) is 13.7 Å². The van der Waals surface area contributed by atoms with E-state index in [-0.39, 0.29) is 0 Å². The molecule has 0 fully saturated rings. The summed E-state index contributed by atoms with van der Waals surface area (Å²) in [6.45, 7) is 7.00. The Morgan fingerprint density at radius 1 is 1.29 bits per heavy atom. The van der Waals surface area contributed by atoms with Crippen molar-refractivity contribution in [2.24, 2.45) is 0 Å². The molecule has 0 bridgehead atoms. The maximum atomic E-state index is 11.1. The van der Waals surface area contributed by atoms with Crippen molar-refractivity contribution in [1.82, 2.24) is 9.78 Å². The number of aromatic nitrogens is 2. The van der Waals surface area contributed by atoms with E-state index in [4.69, 9.17) is 4.74 Å². The van der Waals surface area contributed by atoms with Crippen LogP contribution in [0.5, 0.6) is 0 Å². The largest absolute Gasteiger partial charge is 0.383 e. The Bertz CT molecular complexity index is 615. The number of rotatable bonds is 5. The third-order valence-electron chi connectivity index (χ3n) is 3.55. The molecular weight excluding hydrogens is 332 g/mol. The van der Waals surface area contributed by atoms with E-state index >= 15 is 0 Å². The third kappa shape index (κ3) is 3.36. The molecule has 0 aliphatic rings. The normalized spacial score (nSPS) is 14.2. The molecular formula is C16H21BrN2O2. The quantitative estimate of drug-likeness (QED) is 0.898. The Labute approximate surface area is 133 Å². The van der Waals surface area contributed by atoms with Gasteiger partial charge in [-0.2, -0.15) is 5.10 Å². The van der Waals surface area contributed by atoms with Crippen molar-refractivity contribution in [3.63, 3.8) is 0 Å². The van der Waals surface area contributed by atoms with Gasteiger partial charge in [0.25, 0.3) is 0 Å². The second-order valence-corrected chi connectivity index (χ2v) is 6.36. The topological polar surface area (TPSA) is 47.3 Å². The predicted molar refractivity (Wildman–Crippen MR) is 86.4 cm³/mol. The minimum atomic E-state index is -1.13. The number of aryl methyl sites for hydroxylation is 2. The minimum absolute atomic E-state index is 0.546. The van der Waals surface area contributed by atoms with E-state index in [1.807, 2.05) is 26.0 Å². The maximum Gasteiger partial charge on any atom is 0.129 e. The van der Waals surface area contributed by atoms with E-state index in [0.717, 1.165) is 26.9 Å². The maximum absolute atomic E-state index is 11.1. The average molecular weight is 353 g/mol. The van der Waals surface area contributed by atoms with Crippen LogP contribution < -0.4 is 0 Å². The lowest BCUT2D eigenvalue weighted by molar-refractivity contribution is 0.0874. The molecule has 114 valence electrons. The summed E-state index contributed by atoms with van der Waals surface area (Å²) in [5.41, 5.74) is 2.73. The number of aliphatic hydroxyl groups is 1. The van der Waals surface area contributed by atoms with Gasteiger partial charge in [0.2, 0.25) is 0 Å². The zero-order valence-corrected chi connectivity index (χ0v) is 14.4. The molecule has 0 spiro atoms. The van der Waals surface area contributed by atoms with Crippen molar-refractivity contribution in [3.05, 3.63) is 51.3 Å². The Morgan fingerprint density at radius 2 is 1.90 bits per heavy atom. The summed E-state index contributed by atoms with van der Waals surface area (Å²) in [4.78, 5) is 0. The number of methoxy groups -OCH3 is 1. The lowest BCUT2D eigenvalue weighted by Crippen LogP contribution is -2.28. The highest BCUT2D eigenvalue weighted by molar-refractivity contribution is 9.10. The fourth-order valence-corrected chi connectivity index (χ4v) is 3.27. The average Bonchev–Trinajstić information content (AvgIpc) is 2.77. The van der Waals surface area contributed by atoms with Gasteiger partial charge in [-0.05, 0) is 42.3 Å². The molecule has 1 aromatic heterocycles. The molecule has 1 aromatic carbocycles. The van der Waals surface area contributed by atoms with Crippen molar-refractivity contribution in [1.29, 1.82) is 0 Å². The SMILES string of the molecule is COCCn1ncc(Br)c1C(C)(O)c1cc(C)cc(C)c1. The summed E-state index contributed by atoms with van der Waals surface area (Å²) in [6, 6.07) is 6.11. The first-order chi connectivity index (χ1) is 9.86. The molecule has 5 heteroatoms. The van der Waals surface area contributed by atoms with E-state index in [2.05, 4.69) is 27.1 Å². The zero-order valence-electron chi connectivity index (χ0n) is 12.9. The van der Waals surface area contributed by atoms with Crippen LogP contribution in [-0.2, 0) is 16.9 Å². The molecule has 2 aromatic rings.